The van der Waals surface area contributed by atoms with Gasteiger partial charge in [-0.2, -0.15) is 0 Å². The molecule has 0 unspecified atom stereocenters. The molecule has 3 heteroatoms. The largest absolute Gasteiger partial charge is 0.316 e. The van der Waals surface area contributed by atoms with Gasteiger partial charge in [0, 0.05) is 12.1 Å². The zero-order valence-electron chi connectivity index (χ0n) is 8.27. The predicted molar refractivity (Wildman–Crippen MR) is 53.9 cm³/mol. The van der Waals surface area contributed by atoms with Crippen molar-refractivity contribution < 1.29 is 8.78 Å². The van der Waals surface area contributed by atoms with Gasteiger partial charge in [0.1, 0.15) is 11.6 Å². The number of likely N-dealkylation sites (N-methyl/N-ethyl adjacent to an activating group) is 1. The fourth-order valence-electron chi connectivity index (χ4n) is 1.22. The molecular formula is C11H13F2N. The van der Waals surface area contributed by atoms with Gasteiger partial charge in [-0.1, -0.05) is 11.6 Å². The molecule has 1 N–H and O–H groups in total. The molecular weight excluding hydrogens is 184 g/mol. The zero-order valence-corrected chi connectivity index (χ0v) is 8.27. The van der Waals surface area contributed by atoms with E-state index < -0.39 is 11.6 Å². The highest BCUT2D eigenvalue weighted by atomic mass is 19.1. The van der Waals surface area contributed by atoms with E-state index in [1.807, 2.05) is 6.92 Å². The van der Waals surface area contributed by atoms with Crippen LogP contribution in [0, 0.1) is 11.6 Å². The van der Waals surface area contributed by atoms with Crippen LogP contribution in [0.4, 0.5) is 8.78 Å². The van der Waals surface area contributed by atoms with E-state index in [4.69, 9.17) is 0 Å². The Balaban J connectivity index is 2.95. The first kappa shape index (κ1) is 10.9. The predicted octanol–water partition coefficient (Wildman–Crippen LogP) is 2.59. The molecule has 14 heavy (non-hydrogen) atoms. The van der Waals surface area contributed by atoms with Crippen LogP contribution in [0.2, 0.25) is 0 Å². The minimum Gasteiger partial charge on any atom is -0.316 e. The Kier molecular flexibility index (Phi) is 3.77. The maximum absolute atomic E-state index is 13.1. The topological polar surface area (TPSA) is 12.0 Å². The molecule has 0 amide bonds. The summed E-state index contributed by atoms with van der Waals surface area (Å²) in [7, 11) is 1.80. The summed E-state index contributed by atoms with van der Waals surface area (Å²) < 4.78 is 25.9. The molecule has 0 spiro atoms. The summed E-state index contributed by atoms with van der Waals surface area (Å²) in [6, 6.07) is 3.43. The molecule has 1 rings (SSSR count). The van der Waals surface area contributed by atoms with Gasteiger partial charge in [-0.25, -0.2) is 8.78 Å². The Labute approximate surface area is 82.4 Å². The highest BCUT2D eigenvalue weighted by Gasteiger charge is 2.00. The van der Waals surface area contributed by atoms with Crippen LogP contribution in [-0.4, -0.2) is 13.6 Å². The summed E-state index contributed by atoms with van der Waals surface area (Å²) in [5.41, 5.74) is 1.25. The molecule has 0 aliphatic heterocycles. The first-order valence-electron chi connectivity index (χ1n) is 4.40. The van der Waals surface area contributed by atoms with E-state index in [1.54, 1.807) is 13.1 Å². The third-order valence-corrected chi connectivity index (χ3v) is 1.82. The molecule has 0 radical (unpaired) electrons. The average Bonchev–Trinajstić information content (AvgIpc) is 2.12. The number of halogens is 2. The van der Waals surface area contributed by atoms with E-state index in [9.17, 15) is 8.78 Å². The van der Waals surface area contributed by atoms with Crippen LogP contribution in [-0.2, 0) is 0 Å². The van der Waals surface area contributed by atoms with Crippen molar-refractivity contribution in [1.29, 1.82) is 0 Å². The van der Waals surface area contributed by atoms with Crippen molar-refractivity contribution >= 4 is 6.08 Å². The molecule has 0 aromatic heterocycles. The van der Waals surface area contributed by atoms with Crippen molar-refractivity contribution in [1.82, 2.24) is 5.32 Å². The molecule has 0 aliphatic rings. The lowest BCUT2D eigenvalue weighted by Crippen LogP contribution is -2.08. The second-order valence-electron chi connectivity index (χ2n) is 3.19. The van der Waals surface area contributed by atoms with E-state index in [2.05, 4.69) is 5.32 Å². The van der Waals surface area contributed by atoms with E-state index in [1.165, 1.54) is 6.07 Å². The summed E-state index contributed by atoms with van der Waals surface area (Å²) in [6.07, 6.45) is 1.63. The monoisotopic (exact) mass is 197 g/mol. The highest BCUT2D eigenvalue weighted by Crippen LogP contribution is 2.13. The SMILES string of the molecule is CNCC(C)=Cc1cc(F)ccc1F. The van der Waals surface area contributed by atoms with Gasteiger partial charge in [0.15, 0.2) is 0 Å². The van der Waals surface area contributed by atoms with Crippen molar-refractivity contribution in [3.63, 3.8) is 0 Å². The first-order chi connectivity index (χ1) is 6.63. The van der Waals surface area contributed by atoms with Crippen LogP contribution in [0.3, 0.4) is 0 Å². The molecule has 76 valence electrons. The Morgan fingerprint density at radius 1 is 1.43 bits per heavy atom. The molecule has 0 fully saturated rings. The molecule has 0 atom stereocenters. The van der Waals surface area contributed by atoms with E-state index in [-0.39, 0.29) is 5.56 Å². The van der Waals surface area contributed by atoms with Gasteiger partial charge in [-0.05, 0) is 32.2 Å². The van der Waals surface area contributed by atoms with Crippen LogP contribution in [0.25, 0.3) is 6.08 Å². The van der Waals surface area contributed by atoms with Crippen molar-refractivity contribution in [2.45, 2.75) is 6.92 Å². The molecule has 0 saturated carbocycles. The maximum Gasteiger partial charge on any atom is 0.130 e. The maximum atomic E-state index is 13.1. The number of nitrogens with one attached hydrogen (secondary N) is 1. The van der Waals surface area contributed by atoms with Crippen LogP contribution < -0.4 is 5.32 Å². The summed E-state index contributed by atoms with van der Waals surface area (Å²) >= 11 is 0. The number of hydrogen-bond donors (Lipinski definition) is 1. The van der Waals surface area contributed by atoms with Gasteiger partial charge >= 0.3 is 0 Å². The van der Waals surface area contributed by atoms with Crippen molar-refractivity contribution in [3.05, 3.63) is 41.0 Å². The van der Waals surface area contributed by atoms with E-state index >= 15 is 0 Å². The Morgan fingerprint density at radius 2 is 2.14 bits per heavy atom. The normalized spacial score (nSPS) is 11.9. The van der Waals surface area contributed by atoms with Crippen molar-refractivity contribution in [3.8, 4) is 0 Å². The van der Waals surface area contributed by atoms with Crippen LogP contribution in [0.1, 0.15) is 12.5 Å². The molecule has 0 bridgehead atoms. The summed E-state index contributed by atoms with van der Waals surface area (Å²) in [4.78, 5) is 0. The fourth-order valence-corrected chi connectivity index (χ4v) is 1.22. The Hall–Kier alpha value is -1.22. The minimum atomic E-state index is -0.421. The standard InChI is InChI=1S/C11H13F2N/c1-8(7-14-2)5-9-6-10(12)3-4-11(9)13/h3-6,14H,7H2,1-2H3. The van der Waals surface area contributed by atoms with Gasteiger partial charge in [0.2, 0.25) is 0 Å². The average molecular weight is 197 g/mol. The van der Waals surface area contributed by atoms with Crippen molar-refractivity contribution in [2.24, 2.45) is 0 Å². The quantitative estimate of drug-likeness (QED) is 0.785. The number of benzene rings is 1. The third-order valence-electron chi connectivity index (χ3n) is 1.82. The smallest absolute Gasteiger partial charge is 0.130 e. The van der Waals surface area contributed by atoms with Gasteiger partial charge in [-0.3, -0.25) is 0 Å². The molecule has 0 heterocycles. The van der Waals surface area contributed by atoms with Crippen molar-refractivity contribution in [2.75, 3.05) is 13.6 Å². The lowest BCUT2D eigenvalue weighted by Gasteiger charge is -2.01. The Morgan fingerprint density at radius 3 is 2.79 bits per heavy atom. The fraction of sp³-hybridized carbons (Fsp3) is 0.273. The molecule has 0 saturated heterocycles. The second-order valence-corrected chi connectivity index (χ2v) is 3.19. The van der Waals surface area contributed by atoms with Crippen LogP contribution in [0.5, 0.6) is 0 Å². The van der Waals surface area contributed by atoms with Crippen LogP contribution >= 0.6 is 0 Å². The van der Waals surface area contributed by atoms with Crippen LogP contribution in [0.15, 0.2) is 23.8 Å². The lowest BCUT2D eigenvalue weighted by molar-refractivity contribution is 0.597. The zero-order chi connectivity index (χ0) is 10.6. The summed E-state index contributed by atoms with van der Waals surface area (Å²) in [5, 5.41) is 2.94. The molecule has 0 aliphatic carbocycles. The van der Waals surface area contributed by atoms with E-state index in [0.717, 1.165) is 17.7 Å². The van der Waals surface area contributed by atoms with Gasteiger partial charge < -0.3 is 5.32 Å². The molecule has 1 aromatic carbocycles. The molecule has 1 aromatic rings. The number of hydrogen-bond acceptors (Lipinski definition) is 1. The highest BCUT2D eigenvalue weighted by molar-refractivity contribution is 5.53. The third kappa shape index (κ3) is 2.92. The molecule has 1 nitrogen and oxygen atoms in total. The summed E-state index contributed by atoms with van der Waals surface area (Å²) in [6.45, 7) is 2.52. The first-order valence-corrected chi connectivity index (χ1v) is 4.40. The van der Waals surface area contributed by atoms with Gasteiger partial charge in [0.25, 0.3) is 0 Å². The summed E-state index contributed by atoms with van der Waals surface area (Å²) in [5.74, 6) is -0.822. The van der Waals surface area contributed by atoms with E-state index in [0.29, 0.717) is 6.54 Å². The van der Waals surface area contributed by atoms with Gasteiger partial charge in [-0.15, -0.1) is 0 Å². The second kappa shape index (κ2) is 4.86. The number of rotatable bonds is 3. The minimum absolute atomic E-state index is 0.290. The Bertz CT molecular complexity index is 345. The van der Waals surface area contributed by atoms with Gasteiger partial charge in [0.05, 0.1) is 0 Å². The lowest BCUT2D eigenvalue weighted by atomic mass is 10.1.